The lowest BCUT2D eigenvalue weighted by molar-refractivity contribution is -0.137. The number of hydrogen-bond donors (Lipinski definition) is 3. The van der Waals surface area contributed by atoms with Gasteiger partial charge in [-0.25, -0.2) is 0 Å². The van der Waals surface area contributed by atoms with Crippen molar-refractivity contribution in [2.45, 2.75) is 43.2 Å². The molecule has 13 heteroatoms. The summed E-state index contributed by atoms with van der Waals surface area (Å²) >= 11 is 6.05. The van der Waals surface area contributed by atoms with Crippen LogP contribution in [0.25, 0.3) is 16.7 Å². The molecule has 0 amide bonds. The van der Waals surface area contributed by atoms with E-state index in [1.807, 2.05) is 0 Å². The van der Waals surface area contributed by atoms with E-state index >= 15 is 0 Å². The summed E-state index contributed by atoms with van der Waals surface area (Å²) in [6, 6.07) is 9.21. The van der Waals surface area contributed by atoms with Gasteiger partial charge in [-0.1, -0.05) is 11.6 Å². The Kier molecular flexibility index (Phi) is 5.39. The summed E-state index contributed by atoms with van der Waals surface area (Å²) in [6.07, 6.45) is -5.83. The molecule has 1 fully saturated rings. The summed E-state index contributed by atoms with van der Waals surface area (Å²) in [5, 5.41) is 47.3. The Labute approximate surface area is 223 Å². The fourth-order valence-corrected chi connectivity index (χ4v) is 5.85. The van der Waals surface area contributed by atoms with Crippen LogP contribution in [-0.4, -0.2) is 37.8 Å². The van der Waals surface area contributed by atoms with Crippen molar-refractivity contribution in [1.29, 1.82) is 5.26 Å². The van der Waals surface area contributed by atoms with E-state index in [9.17, 15) is 28.5 Å². The molecular weight excluding hydrogens is 543 g/mol. The number of alkyl halides is 3. The number of nitriles is 1. The molecule has 39 heavy (non-hydrogen) atoms. The first-order valence-corrected chi connectivity index (χ1v) is 12.1. The molecule has 2 aliphatic rings. The molecule has 0 saturated carbocycles. The molecule has 0 spiro atoms. The lowest BCUT2D eigenvalue weighted by Gasteiger charge is -2.26. The average Bonchev–Trinajstić information content (AvgIpc) is 3.55. The molecule has 2 bridgehead atoms. The van der Waals surface area contributed by atoms with Crippen LogP contribution in [-0.2, 0) is 22.1 Å². The number of nitrogens with zero attached hydrogens (tertiary/aromatic N) is 3. The molecule has 202 valence electrons. The van der Waals surface area contributed by atoms with Crippen molar-refractivity contribution in [3.63, 3.8) is 0 Å². The van der Waals surface area contributed by atoms with E-state index in [2.05, 4.69) is 5.16 Å². The molecule has 0 aliphatic carbocycles. The van der Waals surface area contributed by atoms with E-state index in [0.717, 1.165) is 10.6 Å². The lowest BCUT2D eigenvalue weighted by Crippen LogP contribution is -2.33. The Hall–Kier alpha value is -3.92. The number of aliphatic hydroxyl groups is 1. The highest BCUT2D eigenvalue weighted by Gasteiger charge is 2.66. The van der Waals surface area contributed by atoms with E-state index in [1.54, 1.807) is 18.2 Å². The molecule has 2 aromatic heterocycles. The molecule has 2 aromatic carbocycles. The minimum atomic E-state index is -4.85. The summed E-state index contributed by atoms with van der Waals surface area (Å²) in [4.78, 5) is 0. The Morgan fingerprint density at radius 2 is 1.95 bits per heavy atom. The molecule has 1 saturated heterocycles. The van der Waals surface area contributed by atoms with Crippen LogP contribution in [0.1, 0.15) is 42.0 Å². The van der Waals surface area contributed by atoms with Crippen molar-refractivity contribution in [1.82, 2.24) is 9.72 Å². The number of ether oxygens (including phenoxy) is 2. The SMILES string of the molecule is C[C@@]12O[C@@](CCOc3noc4ccc(Cl)cc34)(C[C@H]1O)c1c2c(O)n(-c2ccc(C#N)c(C(F)(F)F)c2)c1O. The average molecular weight is 562 g/mol. The predicted octanol–water partition coefficient (Wildman–Crippen LogP) is 5.25. The van der Waals surface area contributed by atoms with Gasteiger partial charge < -0.3 is 29.3 Å². The number of aromatic nitrogens is 2. The Morgan fingerprint density at radius 1 is 1.21 bits per heavy atom. The zero-order chi connectivity index (χ0) is 27.9. The number of aromatic hydroxyl groups is 2. The fraction of sp³-hybridized carbons (Fsp3) is 0.308. The van der Waals surface area contributed by atoms with Crippen LogP contribution in [0.3, 0.4) is 0 Å². The monoisotopic (exact) mass is 561 g/mol. The molecule has 4 heterocycles. The minimum Gasteiger partial charge on any atom is -0.494 e. The van der Waals surface area contributed by atoms with Crippen LogP contribution in [0.15, 0.2) is 40.9 Å². The number of fused-ring (bicyclic) bond motifs is 6. The first kappa shape index (κ1) is 25.4. The third kappa shape index (κ3) is 3.57. The van der Waals surface area contributed by atoms with Crippen LogP contribution < -0.4 is 4.74 Å². The lowest BCUT2D eigenvalue weighted by atomic mass is 9.76. The number of hydrogen-bond acceptors (Lipinski definition) is 8. The van der Waals surface area contributed by atoms with Crippen LogP contribution in [0.5, 0.6) is 17.6 Å². The summed E-state index contributed by atoms with van der Waals surface area (Å²) in [7, 11) is 0. The predicted molar refractivity (Wildman–Crippen MR) is 129 cm³/mol. The number of aliphatic hydroxyl groups excluding tert-OH is 1. The number of halogens is 4. The highest BCUT2D eigenvalue weighted by molar-refractivity contribution is 6.31. The largest absolute Gasteiger partial charge is 0.494 e. The number of benzene rings is 2. The summed E-state index contributed by atoms with van der Waals surface area (Å²) in [6.45, 7) is 1.51. The minimum absolute atomic E-state index is 0.0170. The standard InChI is InChI=1S/C26H19ClF3N3O6/c1-24-18(34)10-25(39-24,6-7-37-21-15-8-13(27)3-5-17(15)38-32-21)20-19(24)22(35)33(23(20)36)14-4-2-12(11-31)16(9-14)26(28,29)30/h2-5,8-9,18,34-36H,6-7,10H2,1H3/t18-,24-,25+/m1/s1. The van der Waals surface area contributed by atoms with Gasteiger partial charge in [0.05, 0.1) is 52.1 Å². The van der Waals surface area contributed by atoms with E-state index < -0.39 is 46.4 Å². The van der Waals surface area contributed by atoms with Gasteiger partial charge in [0, 0.05) is 17.9 Å². The van der Waals surface area contributed by atoms with Gasteiger partial charge in [0.15, 0.2) is 5.58 Å². The second-order valence-corrected chi connectivity index (χ2v) is 10.2. The summed E-state index contributed by atoms with van der Waals surface area (Å²) < 4.78 is 58.9. The molecule has 9 nitrogen and oxygen atoms in total. The van der Waals surface area contributed by atoms with Gasteiger partial charge in [-0.15, -0.1) is 0 Å². The molecule has 3 atom stereocenters. The highest BCUT2D eigenvalue weighted by atomic mass is 35.5. The fourth-order valence-electron chi connectivity index (χ4n) is 5.67. The second kappa shape index (κ2) is 8.29. The quantitative estimate of drug-likeness (QED) is 0.301. The van der Waals surface area contributed by atoms with Crippen LogP contribution >= 0.6 is 11.6 Å². The molecule has 6 rings (SSSR count). The van der Waals surface area contributed by atoms with Crippen molar-refractivity contribution in [3.8, 4) is 29.4 Å². The summed E-state index contributed by atoms with van der Waals surface area (Å²) in [5.41, 5.74) is -4.16. The van der Waals surface area contributed by atoms with Crippen LogP contribution in [0, 0.1) is 11.3 Å². The normalized spacial score (nSPS) is 23.8. The Morgan fingerprint density at radius 3 is 2.67 bits per heavy atom. The van der Waals surface area contributed by atoms with Crippen molar-refractivity contribution in [3.05, 3.63) is 63.7 Å². The van der Waals surface area contributed by atoms with Gasteiger partial charge in [-0.05, 0) is 48.5 Å². The van der Waals surface area contributed by atoms with E-state index in [1.165, 1.54) is 19.1 Å². The van der Waals surface area contributed by atoms with Gasteiger partial charge in [-0.2, -0.15) is 18.4 Å². The van der Waals surface area contributed by atoms with Crippen molar-refractivity contribution < 1.29 is 42.5 Å². The summed E-state index contributed by atoms with van der Waals surface area (Å²) in [5.74, 6) is -0.957. The third-order valence-corrected chi connectivity index (χ3v) is 7.71. The van der Waals surface area contributed by atoms with Crippen LogP contribution in [0.4, 0.5) is 13.2 Å². The van der Waals surface area contributed by atoms with Gasteiger partial charge in [0.25, 0.3) is 5.88 Å². The van der Waals surface area contributed by atoms with Gasteiger partial charge in [0.2, 0.25) is 11.8 Å². The molecular formula is C26H19ClF3N3O6. The maximum Gasteiger partial charge on any atom is 0.417 e. The molecule has 3 N–H and O–H groups in total. The van der Waals surface area contributed by atoms with Gasteiger partial charge in [-0.3, -0.25) is 4.57 Å². The van der Waals surface area contributed by atoms with E-state index in [4.69, 9.17) is 30.9 Å². The highest BCUT2D eigenvalue weighted by Crippen LogP contribution is 2.65. The topological polar surface area (TPSA) is 134 Å². The molecule has 0 unspecified atom stereocenters. The van der Waals surface area contributed by atoms with E-state index in [0.29, 0.717) is 22.1 Å². The van der Waals surface area contributed by atoms with Gasteiger partial charge in [0.1, 0.15) is 11.2 Å². The smallest absolute Gasteiger partial charge is 0.417 e. The van der Waals surface area contributed by atoms with E-state index in [-0.39, 0.29) is 42.1 Å². The maximum atomic E-state index is 13.6. The van der Waals surface area contributed by atoms with Crippen molar-refractivity contribution >= 4 is 22.6 Å². The molecule has 4 aromatic rings. The van der Waals surface area contributed by atoms with Crippen LogP contribution in [0.2, 0.25) is 5.02 Å². The second-order valence-electron chi connectivity index (χ2n) is 9.72. The Bertz CT molecular complexity index is 1690. The zero-order valence-electron chi connectivity index (χ0n) is 20.1. The van der Waals surface area contributed by atoms with Crippen molar-refractivity contribution in [2.75, 3.05) is 6.61 Å². The first-order chi connectivity index (χ1) is 18.4. The molecule has 2 aliphatic heterocycles. The number of rotatable bonds is 5. The Balaban J connectivity index is 1.39. The zero-order valence-corrected chi connectivity index (χ0v) is 20.8. The third-order valence-electron chi connectivity index (χ3n) is 7.47. The molecule has 0 radical (unpaired) electrons. The van der Waals surface area contributed by atoms with Gasteiger partial charge >= 0.3 is 6.18 Å². The first-order valence-electron chi connectivity index (χ1n) is 11.7. The van der Waals surface area contributed by atoms with Crippen molar-refractivity contribution in [2.24, 2.45) is 0 Å². The maximum absolute atomic E-state index is 13.6.